The molecule has 0 aliphatic rings. The van der Waals surface area contributed by atoms with E-state index in [1.54, 1.807) is 37.3 Å². The van der Waals surface area contributed by atoms with Crippen molar-refractivity contribution in [2.24, 2.45) is 0 Å². The van der Waals surface area contributed by atoms with Gasteiger partial charge in [-0.1, -0.05) is 34.1 Å². The summed E-state index contributed by atoms with van der Waals surface area (Å²) in [7, 11) is 0. The molecule has 0 saturated heterocycles. The molecule has 0 unspecified atom stereocenters. The topological polar surface area (TPSA) is 64.0 Å². The van der Waals surface area contributed by atoms with Gasteiger partial charge in [0.1, 0.15) is 0 Å². The normalized spacial score (nSPS) is 11.3. The Balaban J connectivity index is 1.97. The minimum absolute atomic E-state index is 0.103. The number of aryl methyl sites for hydroxylation is 1. The lowest BCUT2D eigenvalue weighted by Gasteiger charge is -2.13. The molecule has 0 aliphatic heterocycles. The molecule has 1 amide bonds. The summed E-state index contributed by atoms with van der Waals surface area (Å²) in [4.78, 5) is 24.7. The van der Waals surface area contributed by atoms with Crippen LogP contribution in [0.4, 0.5) is 18.9 Å². The van der Waals surface area contributed by atoms with Gasteiger partial charge in [-0.3, -0.25) is 9.59 Å². The second kappa shape index (κ2) is 7.59. The Morgan fingerprint density at radius 2 is 1.79 bits per heavy atom. The first-order valence-electron chi connectivity index (χ1n) is 8.01. The van der Waals surface area contributed by atoms with Gasteiger partial charge >= 0.3 is 6.18 Å². The van der Waals surface area contributed by atoms with Crippen LogP contribution in [0.5, 0.6) is 0 Å². The maximum Gasteiger partial charge on any atom is 0.417 e. The fraction of sp³-hybridized carbons (Fsp3) is 0.105. The number of amides is 1. The Morgan fingerprint density at radius 1 is 1.11 bits per heavy atom. The van der Waals surface area contributed by atoms with E-state index in [1.165, 1.54) is 22.9 Å². The SMILES string of the molecule is Cc1cc(=O)c(C(=O)Nc2ccc(Br)c(C(F)(F)F)c2)nn1-c1ccccc1. The van der Waals surface area contributed by atoms with Crippen molar-refractivity contribution in [3.63, 3.8) is 0 Å². The average molecular weight is 452 g/mol. The van der Waals surface area contributed by atoms with Gasteiger partial charge in [-0.05, 0) is 37.3 Å². The molecule has 0 bridgehead atoms. The number of nitrogens with zero attached hydrogens (tertiary/aromatic N) is 2. The van der Waals surface area contributed by atoms with Crippen LogP contribution in [0, 0.1) is 6.92 Å². The van der Waals surface area contributed by atoms with Crippen LogP contribution in [-0.4, -0.2) is 15.7 Å². The zero-order chi connectivity index (χ0) is 20.5. The largest absolute Gasteiger partial charge is 0.417 e. The van der Waals surface area contributed by atoms with Gasteiger partial charge in [0.25, 0.3) is 5.91 Å². The first kappa shape index (κ1) is 19.8. The highest BCUT2D eigenvalue weighted by Gasteiger charge is 2.33. The summed E-state index contributed by atoms with van der Waals surface area (Å²) in [5.41, 5.74) is -0.952. The Hall–Kier alpha value is -2.94. The van der Waals surface area contributed by atoms with Crippen molar-refractivity contribution in [3.8, 4) is 5.69 Å². The molecule has 144 valence electrons. The summed E-state index contributed by atoms with van der Waals surface area (Å²) < 4.78 is 40.4. The second-order valence-corrected chi connectivity index (χ2v) is 6.75. The van der Waals surface area contributed by atoms with Crippen LogP contribution >= 0.6 is 15.9 Å². The first-order valence-corrected chi connectivity index (χ1v) is 8.80. The van der Waals surface area contributed by atoms with E-state index >= 15 is 0 Å². The lowest BCUT2D eigenvalue weighted by molar-refractivity contribution is -0.138. The number of halogens is 4. The van der Waals surface area contributed by atoms with Crippen LogP contribution in [0.15, 0.2) is 63.9 Å². The maximum atomic E-state index is 13.0. The number of anilines is 1. The van der Waals surface area contributed by atoms with E-state index < -0.39 is 28.8 Å². The van der Waals surface area contributed by atoms with Gasteiger partial charge in [0.05, 0.1) is 11.3 Å². The third-order valence-corrected chi connectivity index (χ3v) is 4.54. The van der Waals surface area contributed by atoms with Gasteiger partial charge in [-0.25, -0.2) is 4.68 Å². The lowest BCUT2D eigenvalue weighted by atomic mass is 10.2. The van der Waals surface area contributed by atoms with Gasteiger partial charge in [-0.15, -0.1) is 0 Å². The number of hydrogen-bond acceptors (Lipinski definition) is 3. The van der Waals surface area contributed by atoms with Crippen LogP contribution < -0.4 is 10.7 Å². The number of benzene rings is 2. The fourth-order valence-corrected chi connectivity index (χ4v) is 3.02. The predicted molar refractivity (Wildman–Crippen MR) is 102 cm³/mol. The molecule has 0 radical (unpaired) electrons. The molecule has 1 heterocycles. The standard InChI is InChI=1S/C19H13BrF3N3O2/c1-11-9-16(27)17(25-26(11)13-5-3-2-4-6-13)18(28)24-12-7-8-15(20)14(10-12)19(21,22)23/h2-10H,1H3,(H,24,28). The van der Waals surface area contributed by atoms with Gasteiger partial charge in [0, 0.05) is 21.9 Å². The summed E-state index contributed by atoms with van der Waals surface area (Å²) >= 11 is 2.83. The zero-order valence-corrected chi connectivity index (χ0v) is 16.0. The van der Waals surface area contributed by atoms with Gasteiger partial charge in [-0.2, -0.15) is 18.3 Å². The summed E-state index contributed by atoms with van der Waals surface area (Å²) in [6.45, 7) is 1.66. The summed E-state index contributed by atoms with van der Waals surface area (Å²) in [6, 6.07) is 13.3. The molecule has 0 fully saturated rings. The van der Waals surface area contributed by atoms with Crippen LogP contribution in [0.3, 0.4) is 0 Å². The number of aromatic nitrogens is 2. The Morgan fingerprint density at radius 3 is 2.43 bits per heavy atom. The second-order valence-electron chi connectivity index (χ2n) is 5.89. The predicted octanol–water partition coefficient (Wildman–Crippen LogP) is 4.57. The van der Waals surface area contributed by atoms with Crippen molar-refractivity contribution in [3.05, 3.63) is 86.2 Å². The number of carbonyl (C=O) groups is 1. The molecule has 9 heteroatoms. The lowest BCUT2D eigenvalue weighted by Crippen LogP contribution is -2.27. The molecule has 1 aromatic heterocycles. The maximum absolute atomic E-state index is 13.0. The van der Waals surface area contributed by atoms with Gasteiger partial charge in [0.15, 0.2) is 5.69 Å². The van der Waals surface area contributed by atoms with E-state index in [0.29, 0.717) is 11.4 Å². The van der Waals surface area contributed by atoms with Crippen LogP contribution in [0.25, 0.3) is 5.69 Å². The monoisotopic (exact) mass is 451 g/mol. The molecular formula is C19H13BrF3N3O2. The first-order chi connectivity index (χ1) is 13.2. The van der Waals surface area contributed by atoms with E-state index in [0.717, 1.165) is 6.07 Å². The molecule has 3 rings (SSSR count). The van der Waals surface area contributed by atoms with E-state index in [9.17, 15) is 22.8 Å². The number of alkyl halides is 3. The van der Waals surface area contributed by atoms with Crippen molar-refractivity contribution >= 4 is 27.5 Å². The smallest absolute Gasteiger partial charge is 0.320 e. The summed E-state index contributed by atoms with van der Waals surface area (Å²) in [6.07, 6.45) is -4.60. The van der Waals surface area contributed by atoms with Gasteiger partial charge in [0.2, 0.25) is 5.43 Å². The zero-order valence-electron chi connectivity index (χ0n) is 14.4. The van der Waals surface area contributed by atoms with Crippen molar-refractivity contribution in [2.45, 2.75) is 13.1 Å². The van der Waals surface area contributed by atoms with Crippen LogP contribution in [-0.2, 0) is 6.18 Å². The third-order valence-electron chi connectivity index (χ3n) is 3.85. The molecule has 0 saturated carbocycles. The van der Waals surface area contributed by atoms with E-state index in [1.807, 2.05) is 0 Å². The molecule has 5 nitrogen and oxygen atoms in total. The third kappa shape index (κ3) is 4.14. The minimum Gasteiger partial charge on any atom is -0.320 e. The van der Waals surface area contributed by atoms with E-state index in [4.69, 9.17) is 0 Å². The number of nitrogens with one attached hydrogen (secondary N) is 1. The summed E-state index contributed by atoms with van der Waals surface area (Å²) in [5, 5.41) is 6.39. The highest BCUT2D eigenvalue weighted by Crippen LogP contribution is 2.36. The molecule has 28 heavy (non-hydrogen) atoms. The number of rotatable bonds is 3. The summed E-state index contributed by atoms with van der Waals surface area (Å²) in [5.74, 6) is -0.898. The van der Waals surface area contributed by atoms with Crippen molar-refractivity contribution in [1.82, 2.24) is 9.78 Å². The fourth-order valence-electron chi connectivity index (χ4n) is 2.55. The molecule has 3 aromatic rings. The average Bonchev–Trinajstić information content (AvgIpc) is 2.63. The van der Waals surface area contributed by atoms with Crippen molar-refractivity contribution in [1.29, 1.82) is 0 Å². The quantitative estimate of drug-likeness (QED) is 0.633. The molecular weight excluding hydrogens is 439 g/mol. The highest BCUT2D eigenvalue weighted by molar-refractivity contribution is 9.10. The van der Waals surface area contributed by atoms with E-state index in [-0.39, 0.29) is 10.2 Å². The number of para-hydroxylation sites is 1. The Labute approximate surface area is 165 Å². The van der Waals surface area contributed by atoms with Crippen LogP contribution in [0.2, 0.25) is 0 Å². The molecule has 2 aromatic carbocycles. The minimum atomic E-state index is -4.60. The van der Waals surface area contributed by atoms with Crippen molar-refractivity contribution < 1.29 is 18.0 Å². The molecule has 0 spiro atoms. The van der Waals surface area contributed by atoms with Crippen LogP contribution in [0.1, 0.15) is 21.7 Å². The molecule has 0 aliphatic carbocycles. The molecule has 1 N–H and O–H groups in total. The Kier molecular flexibility index (Phi) is 5.37. The van der Waals surface area contributed by atoms with Crippen molar-refractivity contribution in [2.75, 3.05) is 5.32 Å². The highest BCUT2D eigenvalue weighted by atomic mass is 79.9. The van der Waals surface area contributed by atoms with E-state index in [2.05, 4.69) is 26.3 Å². The van der Waals surface area contributed by atoms with Gasteiger partial charge < -0.3 is 5.32 Å². The Bertz CT molecular complexity index is 1100. The molecule has 0 atom stereocenters. The number of carbonyl (C=O) groups excluding carboxylic acids is 1. The number of hydrogen-bond donors (Lipinski definition) is 1.